The predicted octanol–water partition coefficient (Wildman–Crippen LogP) is 5.72. The van der Waals surface area contributed by atoms with Crippen molar-refractivity contribution in [2.24, 2.45) is 0 Å². The second-order valence-corrected chi connectivity index (χ2v) is 8.95. The molecule has 31 heavy (non-hydrogen) atoms. The monoisotopic (exact) mass is 450 g/mol. The topological polar surface area (TPSA) is 49.4 Å². The minimum Gasteiger partial charge on any atom is -0.326 e. The number of rotatable bonds is 6. The first-order chi connectivity index (χ1) is 15.0. The van der Waals surface area contributed by atoms with E-state index in [4.69, 9.17) is 11.6 Å². The third-order valence-electron chi connectivity index (χ3n) is 5.43. The molecule has 1 heterocycles. The molecule has 1 atom stereocenters. The van der Waals surface area contributed by atoms with Crippen LogP contribution in [0.5, 0.6) is 0 Å². The van der Waals surface area contributed by atoms with Crippen molar-refractivity contribution in [2.45, 2.75) is 18.7 Å². The molecule has 1 fully saturated rings. The zero-order valence-corrected chi connectivity index (χ0v) is 18.7. The van der Waals surface area contributed by atoms with Gasteiger partial charge < -0.3 is 10.2 Å². The van der Waals surface area contributed by atoms with Crippen LogP contribution in [-0.2, 0) is 11.2 Å². The molecular formula is C25H23ClN2O2S. The van der Waals surface area contributed by atoms with Gasteiger partial charge in [0.2, 0.25) is 5.91 Å². The lowest BCUT2D eigenvalue weighted by atomic mass is 10.1. The van der Waals surface area contributed by atoms with Crippen molar-refractivity contribution in [2.75, 3.05) is 17.6 Å². The zero-order valence-electron chi connectivity index (χ0n) is 17.2. The molecule has 0 aromatic heterocycles. The number of hydrogen-bond acceptors (Lipinski definition) is 3. The average molecular weight is 451 g/mol. The molecule has 1 saturated heterocycles. The van der Waals surface area contributed by atoms with Crippen LogP contribution in [0.2, 0.25) is 5.02 Å². The van der Waals surface area contributed by atoms with E-state index in [1.165, 1.54) is 5.56 Å². The number of carbonyl (C=O) groups is 2. The van der Waals surface area contributed by atoms with E-state index in [0.717, 1.165) is 17.5 Å². The lowest BCUT2D eigenvalue weighted by Crippen LogP contribution is -2.30. The first-order valence-electron chi connectivity index (χ1n) is 10.1. The van der Waals surface area contributed by atoms with E-state index in [1.807, 2.05) is 66.4 Å². The highest BCUT2D eigenvalue weighted by Gasteiger charge is 2.32. The van der Waals surface area contributed by atoms with E-state index in [-0.39, 0.29) is 17.2 Å². The third-order valence-corrected chi connectivity index (χ3v) is 7.09. The van der Waals surface area contributed by atoms with Gasteiger partial charge in [0.25, 0.3) is 5.91 Å². The quantitative estimate of drug-likeness (QED) is 0.522. The lowest BCUT2D eigenvalue weighted by molar-refractivity contribution is -0.128. The van der Waals surface area contributed by atoms with Gasteiger partial charge in [0, 0.05) is 22.8 Å². The van der Waals surface area contributed by atoms with Crippen molar-refractivity contribution in [1.82, 2.24) is 4.90 Å². The number of thioether (sulfide) groups is 1. The molecule has 1 N–H and O–H groups in total. The van der Waals surface area contributed by atoms with Crippen LogP contribution in [0, 0.1) is 6.92 Å². The molecule has 3 aromatic rings. The molecule has 0 saturated carbocycles. The minimum absolute atomic E-state index is 0.0245. The molecule has 6 heteroatoms. The summed E-state index contributed by atoms with van der Waals surface area (Å²) in [7, 11) is 0. The van der Waals surface area contributed by atoms with Crippen molar-refractivity contribution in [3.05, 3.63) is 100 Å². The maximum atomic E-state index is 12.7. The van der Waals surface area contributed by atoms with E-state index in [0.29, 0.717) is 28.6 Å². The van der Waals surface area contributed by atoms with Gasteiger partial charge in [-0.05, 0) is 54.3 Å². The largest absolute Gasteiger partial charge is 0.326 e. The Hall–Kier alpha value is -2.76. The van der Waals surface area contributed by atoms with E-state index >= 15 is 0 Å². The van der Waals surface area contributed by atoms with Crippen molar-refractivity contribution in [3.63, 3.8) is 0 Å². The highest BCUT2D eigenvalue weighted by atomic mass is 35.5. The average Bonchev–Trinajstić information content (AvgIpc) is 3.16. The van der Waals surface area contributed by atoms with Crippen LogP contribution in [0.1, 0.15) is 32.4 Å². The summed E-state index contributed by atoms with van der Waals surface area (Å²) in [6.07, 6.45) is 0.823. The summed E-state index contributed by atoms with van der Waals surface area (Å²) in [5.41, 5.74) is 4.34. The standard InChI is InChI=1S/C25H23ClN2O2S/c1-17-21(26)8-5-9-22(17)27-24(30)19-10-12-20(13-11-19)25-28(23(29)16-31-25)15-14-18-6-3-2-4-7-18/h2-13,25H,14-16H2,1H3,(H,27,30)/t25-/m1/s1. The van der Waals surface area contributed by atoms with Gasteiger partial charge in [0.1, 0.15) is 5.37 Å². The van der Waals surface area contributed by atoms with Crippen LogP contribution in [0.15, 0.2) is 72.8 Å². The van der Waals surface area contributed by atoms with Crippen molar-refractivity contribution < 1.29 is 9.59 Å². The van der Waals surface area contributed by atoms with Gasteiger partial charge in [-0.1, -0.05) is 60.1 Å². The molecule has 1 aliphatic heterocycles. The summed E-state index contributed by atoms with van der Waals surface area (Å²) in [4.78, 5) is 27.0. The number of benzene rings is 3. The zero-order chi connectivity index (χ0) is 21.8. The number of nitrogens with zero attached hydrogens (tertiary/aromatic N) is 1. The summed E-state index contributed by atoms with van der Waals surface area (Å²) in [6.45, 7) is 2.55. The Morgan fingerprint density at radius 2 is 1.81 bits per heavy atom. The Morgan fingerprint density at radius 1 is 1.06 bits per heavy atom. The van der Waals surface area contributed by atoms with Crippen molar-refractivity contribution >= 4 is 40.9 Å². The van der Waals surface area contributed by atoms with Gasteiger partial charge >= 0.3 is 0 Å². The Balaban J connectivity index is 1.44. The molecule has 2 amide bonds. The third kappa shape index (κ3) is 4.94. The fraction of sp³-hybridized carbons (Fsp3) is 0.200. The van der Waals surface area contributed by atoms with Gasteiger partial charge in [0.05, 0.1) is 5.75 Å². The molecule has 1 aliphatic rings. The van der Waals surface area contributed by atoms with Crippen LogP contribution < -0.4 is 5.32 Å². The number of halogens is 1. The fourth-order valence-electron chi connectivity index (χ4n) is 3.60. The maximum absolute atomic E-state index is 12.7. The number of nitrogens with one attached hydrogen (secondary N) is 1. The molecule has 0 bridgehead atoms. The molecule has 0 radical (unpaired) electrons. The summed E-state index contributed by atoms with van der Waals surface area (Å²) < 4.78 is 0. The number of hydrogen-bond donors (Lipinski definition) is 1. The fourth-order valence-corrected chi connectivity index (χ4v) is 5.00. The maximum Gasteiger partial charge on any atom is 0.255 e. The molecule has 0 unspecified atom stereocenters. The molecule has 158 valence electrons. The van der Waals surface area contributed by atoms with Gasteiger partial charge in [-0.3, -0.25) is 9.59 Å². The number of amides is 2. The summed E-state index contributed by atoms with van der Waals surface area (Å²) >= 11 is 7.77. The highest BCUT2D eigenvalue weighted by Crippen LogP contribution is 2.38. The Kier molecular flexibility index (Phi) is 6.64. The first-order valence-corrected chi connectivity index (χ1v) is 11.6. The SMILES string of the molecule is Cc1c(Cl)cccc1NC(=O)c1ccc([C@H]2SCC(=O)N2CCc2ccccc2)cc1. The molecule has 4 rings (SSSR count). The van der Waals surface area contributed by atoms with Crippen molar-refractivity contribution in [3.8, 4) is 0 Å². The Morgan fingerprint density at radius 3 is 2.55 bits per heavy atom. The van der Waals surface area contributed by atoms with Gasteiger partial charge in [0.15, 0.2) is 0 Å². The number of anilines is 1. The summed E-state index contributed by atoms with van der Waals surface area (Å²) in [6, 6.07) is 23.1. The molecule has 0 aliphatic carbocycles. The second-order valence-electron chi connectivity index (χ2n) is 7.47. The van der Waals surface area contributed by atoms with Crippen LogP contribution >= 0.6 is 23.4 Å². The predicted molar refractivity (Wildman–Crippen MR) is 128 cm³/mol. The van der Waals surface area contributed by atoms with Crippen LogP contribution in [0.3, 0.4) is 0 Å². The highest BCUT2D eigenvalue weighted by molar-refractivity contribution is 8.00. The summed E-state index contributed by atoms with van der Waals surface area (Å²) in [5, 5.41) is 3.51. The van der Waals surface area contributed by atoms with Crippen LogP contribution in [-0.4, -0.2) is 29.0 Å². The van der Waals surface area contributed by atoms with E-state index < -0.39 is 0 Å². The molecule has 3 aromatic carbocycles. The van der Waals surface area contributed by atoms with Gasteiger partial charge in [-0.25, -0.2) is 0 Å². The molecular weight excluding hydrogens is 428 g/mol. The first kappa shape index (κ1) is 21.5. The normalized spacial score (nSPS) is 15.9. The van der Waals surface area contributed by atoms with Crippen LogP contribution in [0.4, 0.5) is 5.69 Å². The lowest BCUT2D eigenvalue weighted by Gasteiger charge is -2.24. The Labute approximate surface area is 191 Å². The van der Waals surface area contributed by atoms with Gasteiger partial charge in [-0.15, -0.1) is 11.8 Å². The summed E-state index contributed by atoms with van der Waals surface area (Å²) in [5.74, 6) is 0.451. The second kappa shape index (κ2) is 9.58. The minimum atomic E-state index is -0.187. The van der Waals surface area contributed by atoms with Gasteiger partial charge in [-0.2, -0.15) is 0 Å². The number of carbonyl (C=O) groups excluding carboxylic acids is 2. The van der Waals surface area contributed by atoms with E-state index in [2.05, 4.69) is 17.4 Å². The molecule has 4 nitrogen and oxygen atoms in total. The van der Waals surface area contributed by atoms with Crippen molar-refractivity contribution in [1.29, 1.82) is 0 Å². The van der Waals surface area contributed by atoms with E-state index in [1.54, 1.807) is 17.8 Å². The smallest absolute Gasteiger partial charge is 0.255 e. The van der Waals surface area contributed by atoms with Crippen LogP contribution in [0.25, 0.3) is 0 Å². The van der Waals surface area contributed by atoms with E-state index in [9.17, 15) is 9.59 Å². The molecule has 0 spiro atoms. The Bertz CT molecular complexity index is 1090.